The lowest BCUT2D eigenvalue weighted by molar-refractivity contribution is -0.0744. The van der Waals surface area contributed by atoms with Gasteiger partial charge in [-0.2, -0.15) is 0 Å². The summed E-state index contributed by atoms with van der Waals surface area (Å²) in [5, 5.41) is 3.86. The molecule has 3 unspecified atom stereocenters. The molecule has 0 aromatic carbocycles. The van der Waals surface area contributed by atoms with Crippen molar-refractivity contribution in [3.8, 4) is 0 Å². The van der Waals surface area contributed by atoms with Crippen molar-refractivity contribution in [1.29, 1.82) is 0 Å². The fourth-order valence-corrected chi connectivity index (χ4v) is 4.64. The van der Waals surface area contributed by atoms with Crippen LogP contribution in [0.5, 0.6) is 0 Å². The van der Waals surface area contributed by atoms with E-state index in [1.54, 1.807) is 0 Å². The summed E-state index contributed by atoms with van der Waals surface area (Å²) < 4.78 is 6.34. The minimum Gasteiger partial charge on any atom is -0.374 e. The van der Waals surface area contributed by atoms with E-state index < -0.39 is 0 Å². The monoisotopic (exact) mass is 294 g/mol. The van der Waals surface area contributed by atoms with Crippen LogP contribution in [0.3, 0.4) is 0 Å². The van der Waals surface area contributed by atoms with Gasteiger partial charge in [-0.3, -0.25) is 4.90 Å². The Morgan fingerprint density at radius 1 is 1.10 bits per heavy atom. The largest absolute Gasteiger partial charge is 0.374 e. The molecule has 1 saturated carbocycles. The average Bonchev–Trinajstić information content (AvgIpc) is 2.81. The van der Waals surface area contributed by atoms with Crippen LogP contribution in [0.15, 0.2) is 0 Å². The van der Waals surface area contributed by atoms with Crippen LogP contribution in [0.4, 0.5) is 0 Å². The first kappa shape index (κ1) is 15.8. The van der Waals surface area contributed by atoms with E-state index in [9.17, 15) is 0 Å². The molecular weight excluding hydrogens is 260 g/mol. The lowest BCUT2D eigenvalue weighted by Gasteiger charge is -2.42. The Labute approximate surface area is 130 Å². The third-order valence-corrected chi connectivity index (χ3v) is 5.85. The quantitative estimate of drug-likeness (QED) is 0.788. The van der Waals surface area contributed by atoms with Crippen molar-refractivity contribution >= 4 is 0 Å². The maximum Gasteiger partial charge on any atom is 0.0858 e. The molecule has 2 heterocycles. The number of hydrogen-bond donors (Lipinski definition) is 1. The van der Waals surface area contributed by atoms with E-state index in [-0.39, 0.29) is 0 Å². The molecule has 2 aliphatic heterocycles. The molecule has 0 aromatic rings. The first-order valence-electron chi connectivity index (χ1n) is 9.47. The Hall–Kier alpha value is -0.120. The summed E-state index contributed by atoms with van der Waals surface area (Å²) in [5.74, 6) is 0.836. The van der Waals surface area contributed by atoms with Crippen LogP contribution in [0.1, 0.15) is 64.7 Å². The van der Waals surface area contributed by atoms with Gasteiger partial charge >= 0.3 is 0 Å². The highest BCUT2D eigenvalue weighted by molar-refractivity contribution is 4.93. The highest BCUT2D eigenvalue weighted by Gasteiger charge is 2.38. The molecule has 1 aliphatic carbocycles. The second-order valence-corrected chi connectivity index (χ2v) is 7.39. The molecular formula is C18H34N2O. The van der Waals surface area contributed by atoms with Crippen LogP contribution in [-0.4, -0.2) is 49.3 Å². The lowest BCUT2D eigenvalue weighted by Crippen LogP contribution is -2.56. The Kier molecular flexibility index (Phi) is 5.96. The topological polar surface area (TPSA) is 24.5 Å². The van der Waals surface area contributed by atoms with Crippen molar-refractivity contribution in [3.63, 3.8) is 0 Å². The zero-order chi connectivity index (χ0) is 14.5. The van der Waals surface area contributed by atoms with Crippen LogP contribution >= 0.6 is 0 Å². The summed E-state index contributed by atoms with van der Waals surface area (Å²) in [6.07, 6.45) is 12.9. The van der Waals surface area contributed by atoms with Gasteiger partial charge in [0.2, 0.25) is 0 Å². The molecule has 122 valence electrons. The van der Waals surface area contributed by atoms with Gasteiger partial charge in [0, 0.05) is 18.6 Å². The summed E-state index contributed by atoms with van der Waals surface area (Å²) in [6, 6.07) is 1.31. The lowest BCUT2D eigenvalue weighted by atomic mass is 9.87. The molecule has 0 bridgehead atoms. The van der Waals surface area contributed by atoms with Crippen molar-refractivity contribution in [2.24, 2.45) is 5.92 Å². The fraction of sp³-hybridized carbons (Fsp3) is 1.00. The summed E-state index contributed by atoms with van der Waals surface area (Å²) in [6.45, 7) is 6.86. The molecule has 3 atom stereocenters. The predicted molar refractivity (Wildman–Crippen MR) is 87.6 cm³/mol. The molecule has 2 saturated heterocycles. The van der Waals surface area contributed by atoms with E-state index in [0.29, 0.717) is 12.1 Å². The predicted octanol–water partition coefficient (Wildman–Crippen LogP) is 3.19. The number of ether oxygens (including phenoxy) is 1. The van der Waals surface area contributed by atoms with Gasteiger partial charge in [0.15, 0.2) is 0 Å². The van der Waals surface area contributed by atoms with Crippen LogP contribution in [0.2, 0.25) is 0 Å². The normalized spacial score (nSPS) is 33.6. The minimum atomic E-state index is 0.425. The Morgan fingerprint density at radius 2 is 1.90 bits per heavy atom. The third kappa shape index (κ3) is 4.00. The summed E-state index contributed by atoms with van der Waals surface area (Å²) >= 11 is 0. The molecule has 1 N–H and O–H groups in total. The van der Waals surface area contributed by atoms with Gasteiger partial charge in [0.25, 0.3) is 0 Å². The highest BCUT2D eigenvalue weighted by atomic mass is 16.5. The van der Waals surface area contributed by atoms with E-state index in [1.807, 2.05) is 0 Å². The van der Waals surface area contributed by atoms with E-state index in [1.165, 1.54) is 70.9 Å². The first-order valence-corrected chi connectivity index (χ1v) is 9.47. The number of nitrogens with one attached hydrogen (secondary N) is 1. The van der Waals surface area contributed by atoms with Crippen molar-refractivity contribution < 1.29 is 4.74 Å². The number of nitrogens with zero attached hydrogens (tertiary/aromatic N) is 1. The van der Waals surface area contributed by atoms with E-state index in [4.69, 9.17) is 4.74 Å². The van der Waals surface area contributed by atoms with Gasteiger partial charge < -0.3 is 10.1 Å². The van der Waals surface area contributed by atoms with E-state index >= 15 is 0 Å². The van der Waals surface area contributed by atoms with Crippen LogP contribution in [-0.2, 0) is 4.74 Å². The second-order valence-electron chi connectivity index (χ2n) is 7.39. The number of hydrogen-bond acceptors (Lipinski definition) is 3. The maximum absolute atomic E-state index is 6.34. The SMILES string of the molecule is CCCNC(C1CCCCCC1)C1CN2CCCC2CO1. The van der Waals surface area contributed by atoms with Gasteiger partial charge in [-0.15, -0.1) is 0 Å². The summed E-state index contributed by atoms with van der Waals surface area (Å²) in [7, 11) is 0. The van der Waals surface area contributed by atoms with Gasteiger partial charge in [0.05, 0.1) is 12.7 Å². The molecule has 0 radical (unpaired) electrons. The van der Waals surface area contributed by atoms with Gasteiger partial charge in [-0.25, -0.2) is 0 Å². The molecule has 0 aromatic heterocycles. The van der Waals surface area contributed by atoms with Crippen LogP contribution < -0.4 is 5.32 Å². The standard InChI is InChI=1S/C18H34N2O/c1-2-11-19-18(15-8-5-3-4-6-9-15)17-13-20-12-7-10-16(20)14-21-17/h15-19H,2-14H2,1H3. The van der Waals surface area contributed by atoms with Gasteiger partial charge in [-0.1, -0.05) is 32.6 Å². The summed E-state index contributed by atoms with van der Waals surface area (Å²) in [5.41, 5.74) is 0. The average molecular weight is 294 g/mol. The van der Waals surface area contributed by atoms with Crippen molar-refractivity contribution in [2.45, 2.75) is 82.9 Å². The Bertz CT molecular complexity index is 302. The first-order chi connectivity index (χ1) is 10.4. The smallest absolute Gasteiger partial charge is 0.0858 e. The molecule has 3 aliphatic rings. The molecule has 3 rings (SSSR count). The zero-order valence-corrected chi connectivity index (χ0v) is 13.9. The highest BCUT2D eigenvalue weighted by Crippen LogP contribution is 2.31. The van der Waals surface area contributed by atoms with Crippen molar-refractivity contribution in [1.82, 2.24) is 10.2 Å². The second kappa shape index (κ2) is 7.94. The zero-order valence-electron chi connectivity index (χ0n) is 13.9. The molecule has 21 heavy (non-hydrogen) atoms. The Morgan fingerprint density at radius 3 is 2.67 bits per heavy atom. The van der Waals surface area contributed by atoms with Crippen LogP contribution in [0, 0.1) is 5.92 Å². The van der Waals surface area contributed by atoms with Gasteiger partial charge in [0.1, 0.15) is 0 Å². The molecule has 3 fully saturated rings. The van der Waals surface area contributed by atoms with Crippen molar-refractivity contribution in [3.05, 3.63) is 0 Å². The number of morpholine rings is 1. The van der Waals surface area contributed by atoms with Crippen molar-refractivity contribution in [2.75, 3.05) is 26.2 Å². The summed E-state index contributed by atoms with van der Waals surface area (Å²) in [4.78, 5) is 2.70. The third-order valence-electron chi connectivity index (χ3n) is 5.85. The van der Waals surface area contributed by atoms with Crippen LogP contribution in [0.25, 0.3) is 0 Å². The van der Waals surface area contributed by atoms with E-state index in [0.717, 1.165) is 25.1 Å². The molecule has 3 nitrogen and oxygen atoms in total. The fourth-order valence-electron chi connectivity index (χ4n) is 4.64. The Balaban J connectivity index is 1.62. The van der Waals surface area contributed by atoms with Gasteiger partial charge in [-0.05, 0) is 51.1 Å². The molecule has 0 amide bonds. The minimum absolute atomic E-state index is 0.425. The maximum atomic E-state index is 6.34. The van der Waals surface area contributed by atoms with E-state index in [2.05, 4.69) is 17.1 Å². The molecule has 3 heteroatoms. The number of rotatable bonds is 5. The number of fused-ring (bicyclic) bond motifs is 1. The molecule has 0 spiro atoms.